The van der Waals surface area contributed by atoms with Gasteiger partial charge in [0.2, 0.25) is 0 Å². The van der Waals surface area contributed by atoms with E-state index in [1.807, 2.05) is 6.92 Å². The Labute approximate surface area is 130 Å². The Balaban J connectivity index is 1.78. The van der Waals surface area contributed by atoms with Crippen molar-refractivity contribution in [3.8, 4) is 0 Å². The van der Waals surface area contributed by atoms with Crippen LogP contribution in [0.4, 0.5) is 0 Å². The van der Waals surface area contributed by atoms with E-state index in [1.54, 1.807) is 0 Å². The number of carbonyl (C=O) groups is 1. The van der Waals surface area contributed by atoms with E-state index in [9.17, 15) is 9.00 Å². The molecular weight excluding hydrogens is 284 g/mol. The average Bonchev–Trinajstić information content (AvgIpc) is 3.04. The first-order chi connectivity index (χ1) is 10.1. The molecule has 0 spiro atoms. The summed E-state index contributed by atoms with van der Waals surface area (Å²) in [6.45, 7) is 2.01. The summed E-state index contributed by atoms with van der Waals surface area (Å²) in [5, 5.41) is 8.60. The Morgan fingerprint density at radius 2 is 1.95 bits per heavy atom. The van der Waals surface area contributed by atoms with E-state index >= 15 is 0 Å². The van der Waals surface area contributed by atoms with Crippen molar-refractivity contribution < 1.29 is 14.1 Å². The summed E-state index contributed by atoms with van der Waals surface area (Å²) in [4.78, 5) is 10.4. The van der Waals surface area contributed by atoms with Gasteiger partial charge in [0.1, 0.15) is 0 Å². The highest BCUT2D eigenvalue weighted by Gasteiger charge is 2.46. The quantitative estimate of drug-likeness (QED) is 0.522. The van der Waals surface area contributed by atoms with Gasteiger partial charge >= 0.3 is 5.97 Å². The van der Waals surface area contributed by atoms with Crippen molar-refractivity contribution in [3.05, 3.63) is 12.2 Å². The van der Waals surface area contributed by atoms with Crippen LogP contribution in [0.5, 0.6) is 0 Å². The molecule has 0 radical (unpaired) electrons. The first kappa shape index (κ1) is 16.7. The minimum atomic E-state index is -0.710. The molecule has 1 unspecified atom stereocenters. The molecule has 0 aromatic heterocycles. The molecule has 21 heavy (non-hydrogen) atoms. The van der Waals surface area contributed by atoms with Gasteiger partial charge in [-0.15, -0.1) is 0 Å². The van der Waals surface area contributed by atoms with Crippen LogP contribution >= 0.6 is 0 Å². The highest BCUT2D eigenvalue weighted by molar-refractivity contribution is 7.84. The van der Waals surface area contributed by atoms with E-state index in [0.717, 1.165) is 48.5 Å². The number of aliphatic carboxylic acids is 1. The summed E-state index contributed by atoms with van der Waals surface area (Å²) in [7, 11) is -0.644. The molecular formula is C17H28O3S. The maximum absolute atomic E-state index is 11.9. The van der Waals surface area contributed by atoms with Crippen molar-refractivity contribution in [1.29, 1.82) is 0 Å². The molecule has 4 heteroatoms. The number of unbranched alkanes of at least 4 members (excludes halogenated alkanes) is 1. The largest absolute Gasteiger partial charge is 0.481 e. The number of hydrogen-bond acceptors (Lipinski definition) is 2. The molecule has 0 aliphatic heterocycles. The molecule has 1 N–H and O–H groups in total. The molecule has 2 bridgehead atoms. The number of rotatable bonds is 9. The second kappa shape index (κ2) is 8.11. The second-order valence-electron chi connectivity index (χ2n) is 6.55. The van der Waals surface area contributed by atoms with Gasteiger partial charge in [0, 0.05) is 28.7 Å². The van der Waals surface area contributed by atoms with Crippen LogP contribution in [0.15, 0.2) is 12.2 Å². The smallest absolute Gasteiger partial charge is 0.303 e. The normalized spacial score (nSPS) is 32.8. The third kappa shape index (κ3) is 4.67. The third-order valence-corrected chi connectivity index (χ3v) is 6.71. The summed E-state index contributed by atoms with van der Waals surface area (Å²) in [6.07, 6.45) is 11.4. The van der Waals surface area contributed by atoms with Gasteiger partial charge in [-0.2, -0.15) is 0 Å². The van der Waals surface area contributed by atoms with Crippen LogP contribution in [0.25, 0.3) is 0 Å². The molecule has 0 aromatic carbocycles. The van der Waals surface area contributed by atoms with Crippen molar-refractivity contribution in [1.82, 2.24) is 0 Å². The van der Waals surface area contributed by atoms with Gasteiger partial charge in [0.25, 0.3) is 0 Å². The number of carboxylic acid groups (broad SMARTS) is 1. The Hall–Kier alpha value is -0.640. The minimum Gasteiger partial charge on any atom is -0.481 e. The van der Waals surface area contributed by atoms with E-state index in [1.165, 1.54) is 19.3 Å². The summed E-state index contributed by atoms with van der Waals surface area (Å²) < 4.78 is 11.9. The zero-order valence-corrected chi connectivity index (χ0v) is 13.8. The molecule has 5 atom stereocenters. The van der Waals surface area contributed by atoms with Gasteiger partial charge in [0.05, 0.1) is 0 Å². The lowest BCUT2D eigenvalue weighted by atomic mass is 9.78. The number of carboxylic acids is 1. The van der Waals surface area contributed by atoms with Crippen molar-refractivity contribution in [2.75, 3.05) is 11.5 Å². The van der Waals surface area contributed by atoms with Gasteiger partial charge < -0.3 is 5.11 Å². The molecule has 0 saturated heterocycles. The van der Waals surface area contributed by atoms with E-state index in [0.29, 0.717) is 5.92 Å². The molecule has 2 rings (SSSR count). The highest BCUT2D eigenvalue weighted by Crippen LogP contribution is 2.53. The summed E-state index contributed by atoms with van der Waals surface area (Å²) >= 11 is 0. The van der Waals surface area contributed by atoms with Crippen LogP contribution in [-0.4, -0.2) is 26.8 Å². The van der Waals surface area contributed by atoms with Gasteiger partial charge in [-0.1, -0.05) is 19.1 Å². The number of allylic oxidation sites excluding steroid dienone is 2. The molecule has 0 heterocycles. The molecule has 2 fully saturated rings. The van der Waals surface area contributed by atoms with Gasteiger partial charge in [-0.25, -0.2) is 0 Å². The minimum absolute atomic E-state index is 0.260. The van der Waals surface area contributed by atoms with Crippen LogP contribution in [0, 0.1) is 23.7 Å². The second-order valence-corrected chi connectivity index (χ2v) is 8.34. The topological polar surface area (TPSA) is 54.4 Å². The lowest BCUT2D eigenvalue weighted by molar-refractivity contribution is -0.137. The lowest BCUT2D eigenvalue weighted by Gasteiger charge is -2.30. The van der Waals surface area contributed by atoms with E-state index in [4.69, 9.17) is 5.11 Å². The molecule has 2 aliphatic rings. The van der Waals surface area contributed by atoms with Crippen LogP contribution in [-0.2, 0) is 15.6 Å². The molecule has 0 aromatic rings. The number of hydrogen-bond donors (Lipinski definition) is 1. The molecule has 3 nitrogen and oxygen atoms in total. The zero-order valence-electron chi connectivity index (χ0n) is 13.0. The number of fused-ring (bicyclic) bond motifs is 2. The first-order valence-electron chi connectivity index (χ1n) is 8.33. The fourth-order valence-electron chi connectivity index (χ4n) is 4.23. The predicted molar refractivity (Wildman–Crippen MR) is 86.6 cm³/mol. The van der Waals surface area contributed by atoms with Gasteiger partial charge in [0.15, 0.2) is 0 Å². The van der Waals surface area contributed by atoms with Crippen LogP contribution in [0.1, 0.15) is 51.9 Å². The fourth-order valence-corrected chi connectivity index (χ4v) is 5.42. The molecule has 0 amide bonds. The van der Waals surface area contributed by atoms with Gasteiger partial charge in [-0.3, -0.25) is 9.00 Å². The summed E-state index contributed by atoms with van der Waals surface area (Å²) in [5.74, 6) is 4.01. The Morgan fingerprint density at radius 1 is 1.24 bits per heavy atom. The van der Waals surface area contributed by atoms with Crippen molar-refractivity contribution in [2.45, 2.75) is 51.9 Å². The lowest BCUT2D eigenvalue weighted by Crippen LogP contribution is -2.27. The average molecular weight is 312 g/mol. The molecule has 120 valence electrons. The molecule has 2 saturated carbocycles. The van der Waals surface area contributed by atoms with E-state index in [-0.39, 0.29) is 6.42 Å². The van der Waals surface area contributed by atoms with E-state index in [2.05, 4.69) is 12.2 Å². The van der Waals surface area contributed by atoms with Crippen molar-refractivity contribution >= 4 is 16.8 Å². The first-order valence-corrected chi connectivity index (χ1v) is 9.82. The standard InChI is InChI=1S/C17H28O3S/c1-2-21(20)12-16-14-10-9-13(11-14)15(16)7-5-3-4-6-8-17(18)19/h3,5,13-16H,2,4,6-12H2,1H3,(H,18,19)/t13-,14+,15-,16+,21?/m0/s1. The molecule has 2 aliphatic carbocycles. The third-order valence-electron chi connectivity index (χ3n) is 5.31. The highest BCUT2D eigenvalue weighted by atomic mass is 32.2. The van der Waals surface area contributed by atoms with Crippen molar-refractivity contribution in [2.24, 2.45) is 23.7 Å². The Bertz CT molecular complexity index is 405. The van der Waals surface area contributed by atoms with Crippen LogP contribution in [0.3, 0.4) is 0 Å². The van der Waals surface area contributed by atoms with Crippen LogP contribution < -0.4 is 0 Å². The SMILES string of the molecule is CCS(=O)C[C@@H]1[C@@H]2CC[C@@H](C2)[C@@H]1CC=CCCCC(=O)O. The maximum Gasteiger partial charge on any atom is 0.303 e. The predicted octanol–water partition coefficient (Wildman–Crippen LogP) is 3.62. The van der Waals surface area contributed by atoms with Crippen molar-refractivity contribution in [3.63, 3.8) is 0 Å². The van der Waals surface area contributed by atoms with E-state index < -0.39 is 16.8 Å². The zero-order chi connectivity index (χ0) is 15.2. The van der Waals surface area contributed by atoms with Crippen LogP contribution in [0.2, 0.25) is 0 Å². The monoisotopic (exact) mass is 312 g/mol. The Morgan fingerprint density at radius 3 is 2.62 bits per heavy atom. The summed E-state index contributed by atoms with van der Waals surface area (Å²) in [5.41, 5.74) is 0. The fraction of sp³-hybridized carbons (Fsp3) is 0.824. The summed E-state index contributed by atoms with van der Waals surface area (Å²) in [6, 6.07) is 0. The maximum atomic E-state index is 11.9. The van der Waals surface area contributed by atoms with Gasteiger partial charge in [-0.05, 0) is 62.2 Å². The Kier molecular flexibility index (Phi) is 6.46.